The number of nitrogens with two attached hydrogens (primary N) is 1. The predicted octanol–water partition coefficient (Wildman–Crippen LogP) is 2.18. The van der Waals surface area contributed by atoms with Gasteiger partial charge in [0.1, 0.15) is 0 Å². The van der Waals surface area contributed by atoms with Crippen molar-refractivity contribution < 1.29 is 4.74 Å². The van der Waals surface area contributed by atoms with Gasteiger partial charge in [0.2, 0.25) is 0 Å². The minimum atomic E-state index is 0.165. The second-order valence-corrected chi connectivity index (χ2v) is 5.22. The van der Waals surface area contributed by atoms with Crippen LogP contribution in [0, 0.1) is 0 Å². The van der Waals surface area contributed by atoms with E-state index in [9.17, 15) is 0 Å². The van der Waals surface area contributed by atoms with E-state index in [0.717, 1.165) is 32.5 Å². The highest BCUT2D eigenvalue weighted by atomic mass is 16.5. The van der Waals surface area contributed by atoms with Crippen LogP contribution in [0.15, 0.2) is 18.2 Å². The molecule has 1 aromatic rings. The molecule has 0 bridgehead atoms. The lowest BCUT2D eigenvalue weighted by Crippen LogP contribution is -2.22. The second kappa shape index (κ2) is 3.86. The van der Waals surface area contributed by atoms with Crippen molar-refractivity contribution in [2.45, 2.75) is 44.2 Å². The smallest absolute Gasteiger partial charge is 0.0722 e. The Morgan fingerprint density at radius 2 is 2.19 bits per heavy atom. The first kappa shape index (κ1) is 10.3. The summed E-state index contributed by atoms with van der Waals surface area (Å²) in [5.41, 5.74) is 10.7. The number of fused-ring (bicyclic) bond motifs is 1. The van der Waals surface area contributed by atoms with E-state index in [1.165, 1.54) is 29.5 Å². The molecular formula is C14H19NO. The molecule has 1 fully saturated rings. The maximum absolute atomic E-state index is 6.14. The van der Waals surface area contributed by atoms with E-state index in [2.05, 4.69) is 18.2 Å². The number of hydrogen-bond donors (Lipinski definition) is 1. The van der Waals surface area contributed by atoms with Crippen LogP contribution in [-0.4, -0.2) is 12.1 Å². The molecule has 0 unspecified atom stereocenters. The molecule has 1 aromatic carbocycles. The maximum atomic E-state index is 6.14. The van der Waals surface area contributed by atoms with E-state index in [-0.39, 0.29) is 5.54 Å². The van der Waals surface area contributed by atoms with Gasteiger partial charge in [-0.15, -0.1) is 0 Å². The Kier molecular flexibility index (Phi) is 2.49. The van der Waals surface area contributed by atoms with Crippen LogP contribution in [0.3, 0.4) is 0 Å². The van der Waals surface area contributed by atoms with Gasteiger partial charge in [-0.05, 0) is 48.8 Å². The molecule has 0 radical (unpaired) electrons. The van der Waals surface area contributed by atoms with Gasteiger partial charge in [-0.3, -0.25) is 0 Å². The number of hydrogen-bond acceptors (Lipinski definition) is 2. The standard InChI is InChI=1S/C14H19NO/c15-14(7-8-14)6-4-11-2-1-3-12-5-9-16-10-13(11)12/h1-3H,4-10,15H2. The molecule has 86 valence electrons. The minimum absolute atomic E-state index is 0.165. The summed E-state index contributed by atoms with van der Waals surface area (Å²) in [7, 11) is 0. The molecule has 1 aliphatic carbocycles. The summed E-state index contributed by atoms with van der Waals surface area (Å²) < 4.78 is 5.55. The highest BCUT2D eigenvalue weighted by Crippen LogP contribution is 2.37. The first-order chi connectivity index (χ1) is 7.77. The quantitative estimate of drug-likeness (QED) is 0.842. The van der Waals surface area contributed by atoms with Crippen molar-refractivity contribution in [2.24, 2.45) is 5.73 Å². The normalized spacial score (nSPS) is 21.6. The first-order valence-electron chi connectivity index (χ1n) is 6.23. The van der Waals surface area contributed by atoms with Gasteiger partial charge in [-0.1, -0.05) is 18.2 Å². The molecular weight excluding hydrogens is 198 g/mol. The number of aryl methyl sites for hydroxylation is 1. The van der Waals surface area contributed by atoms with Crippen molar-refractivity contribution in [1.29, 1.82) is 0 Å². The zero-order valence-corrected chi connectivity index (χ0v) is 9.67. The van der Waals surface area contributed by atoms with E-state index < -0.39 is 0 Å². The summed E-state index contributed by atoms with van der Waals surface area (Å²) in [6.07, 6.45) is 5.72. The fourth-order valence-corrected chi connectivity index (χ4v) is 2.49. The van der Waals surface area contributed by atoms with E-state index in [0.29, 0.717) is 0 Å². The van der Waals surface area contributed by atoms with Gasteiger partial charge in [-0.25, -0.2) is 0 Å². The maximum Gasteiger partial charge on any atom is 0.0722 e. The fraction of sp³-hybridized carbons (Fsp3) is 0.571. The Balaban J connectivity index is 1.78. The highest BCUT2D eigenvalue weighted by Gasteiger charge is 2.37. The summed E-state index contributed by atoms with van der Waals surface area (Å²) in [6, 6.07) is 6.64. The summed E-state index contributed by atoms with van der Waals surface area (Å²) in [5, 5.41) is 0. The molecule has 16 heavy (non-hydrogen) atoms. The van der Waals surface area contributed by atoms with Gasteiger partial charge in [0.25, 0.3) is 0 Å². The van der Waals surface area contributed by atoms with Crippen LogP contribution in [0.5, 0.6) is 0 Å². The van der Waals surface area contributed by atoms with Crippen molar-refractivity contribution in [3.05, 3.63) is 34.9 Å². The van der Waals surface area contributed by atoms with Gasteiger partial charge >= 0.3 is 0 Å². The SMILES string of the molecule is NC1(CCc2cccc3c2COCC3)CC1. The van der Waals surface area contributed by atoms with Crippen molar-refractivity contribution in [3.63, 3.8) is 0 Å². The van der Waals surface area contributed by atoms with Gasteiger partial charge < -0.3 is 10.5 Å². The van der Waals surface area contributed by atoms with Crippen LogP contribution >= 0.6 is 0 Å². The third-order valence-electron chi connectivity index (χ3n) is 3.92. The molecule has 0 atom stereocenters. The Morgan fingerprint density at radius 3 is 3.00 bits per heavy atom. The monoisotopic (exact) mass is 217 g/mol. The molecule has 2 nitrogen and oxygen atoms in total. The average Bonchev–Trinajstić information content (AvgIpc) is 3.05. The minimum Gasteiger partial charge on any atom is -0.376 e. The van der Waals surface area contributed by atoms with Gasteiger partial charge in [0.05, 0.1) is 13.2 Å². The number of ether oxygens (including phenoxy) is 1. The molecule has 2 heteroatoms. The summed E-state index contributed by atoms with van der Waals surface area (Å²) in [4.78, 5) is 0. The Labute approximate surface area is 96.8 Å². The van der Waals surface area contributed by atoms with Gasteiger partial charge in [-0.2, -0.15) is 0 Å². The van der Waals surface area contributed by atoms with Crippen molar-refractivity contribution in [3.8, 4) is 0 Å². The predicted molar refractivity (Wildman–Crippen MR) is 64.3 cm³/mol. The molecule has 2 aliphatic rings. The molecule has 1 heterocycles. The Hall–Kier alpha value is -0.860. The molecule has 1 saturated carbocycles. The highest BCUT2D eigenvalue weighted by molar-refractivity contribution is 5.36. The average molecular weight is 217 g/mol. The third kappa shape index (κ3) is 2.00. The number of benzene rings is 1. The van der Waals surface area contributed by atoms with Gasteiger partial charge in [0, 0.05) is 5.54 Å². The first-order valence-corrected chi connectivity index (χ1v) is 6.23. The lowest BCUT2D eigenvalue weighted by Gasteiger charge is -2.20. The fourth-order valence-electron chi connectivity index (χ4n) is 2.49. The number of rotatable bonds is 3. The van der Waals surface area contributed by atoms with E-state index in [1.807, 2.05) is 0 Å². The van der Waals surface area contributed by atoms with Crippen molar-refractivity contribution in [1.82, 2.24) is 0 Å². The second-order valence-electron chi connectivity index (χ2n) is 5.22. The topological polar surface area (TPSA) is 35.2 Å². The molecule has 2 N–H and O–H groups in total. The molecule has 0 amide bonds. The molecule has 0 spiro atoms. The van der Waals surface area contributed by atoms with E-state index >= 15 is 0 Å². The van der Waals surface area contributed by atoms with Gasteiger partial charge in [0.15, 0.2) is 0 Å². The molecule has 0 saturated heterocycles. The van der Waals surface area contributed by atoms with Crippen LogP contribution in [0.4, 0.5) is 0 Å². The molecule has 1 aliphatic heterocycles. The largest absolute Gasteiger partial charge is 0.376 e. The van der Waals surface area contributed by atoms with Crippen LogP contribution < -0.4 is 5.73 Å². The van der Waals surface area contributed by atoms with E-state index in [4.69, 9.17) is 10.5 Å². The zero-order valence-electron chi connectivity index (χ0n) is 9.67. The Morgan fingerprint density at radius 1 is 1.31 bits per heavy atom. The van der Waals surface area contributed by atoms with Crippen LogP contribution in [0.25, 0.3) is 0 Å². The summed E-state index contributed by atoms with van der Waals surface area (Å²) in [6.45, 7) is 1.67. The summed E-state index contributed by atoms with van der Waals surface area (Å²) >= 11 is 0. The van der Waals surface area contributed by atoms with Crippen molar-refractivity contribution >= 4 is 0 Å². The van der Waals surface area contributed by atoms with Crippen LogP contribution in [-0.2, 0) is 24.2 Å². The lowest BCUT2D eigenvalue weighted by molar-refractivity contribution is 0.110. The zero-order chi connectivity index (χ0) is 11.0. The summed E-state index contributed by atoms with van der Waals surface area (Å²) in [5.74, 6) is 0. The Bertz CT molecular complexity index is 396. The molecule has 3 rings (SSSR count). The van der Waals surface area contributed by atoms with Crippen LogP contribution in [0.1, 0.15) is 36.0 Å². The van der Waals surface area contributed by atoms with Crippen molar-refractivity contribution in [2.75, 3.05) is 6.61 Å². The van der Waals surface area contributed by atoms with Crippen LogP contribution in [0.2, 0.25) is 0 Å². The lowest BCUT2D eigenvalue weighted by atomic mass is 9.94. The third-order valence-corrected chi connectivity index (χ3v) is 3.92. The molecule has 0 aromatic heterocycles. The van der Waals surface area contributed by atoms with E-state index in [1.54, 1.807) is 0 Å².